The number of hydrogen-bond donors (Lipinski definition) is 2. The van der Waals surface area contributed by atoms with Crippen LogP contribution in [0.3, 0.4) is 0 Å². The summed E-state index contributed by atoms with van der Waals surface area (Å²) < 4.78 is 11.2. The van der Waals surface area contributed by atoms with E-state index in [0.29, 0.717) is 18.7 Å². The van der Waals surface area contributed by atoms with Crippen LogP contribution in [0.25, 0.3) is 0 Å². The molecule has 2 aliphatic rings. The van der Waals surface area contributed by atoms with Crippen LogP contribution in [0, 0.1) is 12.8 Å². The molecule has 1 aromatic carbocycles. The topological polar surface area (TPSA) is 50.7 Å². The van der Waals surface area contributed by atoms with E-state index < -0.39 is 6.10 Å². The molecule has 4 heteroatoms. The molecule has 0 bridgehead atoms. The minimum absolute atomic E-state index is 0.344. The zero-order valence-electron chi connectivity index (χ0n) is 12.8. The van der Waals surface area contributed by atoms with Crippen molar-refractivity contribution in [1.82, 2.24) is 5.32 Å². The van der Waals surface area contributed by atoms with E-state index in [2.05, 4.69) is 5.32 Å². The number of aryl methyl sites for hydroxylation is 1. The van der Waals surface area contributed by atoms with Crippen LogP contribution in [0.1, 0.15) is 36.5 Å². The van der Waals surface area contributed by atoms with Crippen molar-refractivity contribution in [1.29, 1.82) is 0 Å². The highest BCUT2D eigenvalue weighted by Gasteiger charge is 2.40. The van der Waals surface area contributed by atoms with E-state index in [0.717, 1.165) is 35.8 Å². The normalized spacial score (nSPS) is 26.8. The first-order valence-corrected chi connectivity index (χ1v) is 7.86. The molecule has 1 aromatic rings. The molecule has 0 spiro atoms. The van der Waals surface area contributed by atoms with E-state index in [4.69, 9.17) is 9.47 Å². The molecular formula is C17H25NO3. The average molecular weight is 291 g/mol. The van der Waals surface area contributed by atoms with Crippen LogP contribution >= 0.6 is 0 Å². The summed E-state index contributed by atoms with van der Waals surface area (Å²) in [5, 5.41) is 14.0. The third kappa shape index (κ3) is 3.39. The Morgan fingerprint density at radius 2 is 2.19 bits per heavy atom. The molecule has 3 rings (SSSR count). The van der Waals surface area contributed by atoms with E-state index in [1.165, 1.54) is 12.8 Å². The largest absolute Gasteiger partial charge is 0.496 e. The lowest BCUT2D eigenvalue weighted by molar-refractivity contribution is 0.0768. The molecule has 1 heterocycles. The summed E-state index contributed by atoms with van der Waals surface area (Å²) in [5.74, 6) is 1.48. The molecule has 4 nitrogen and oxygen atoms in total. The molecule has 1 aliphatic heterocycles. The van der Waals surface area contributed by atoms with Gasteiger partial charge in [0.05, 0.1) is 19.3 Å². The third-order valence-electron chi connectivity index (χ3n) is 4.54. The Kier molecular flexibility index (Phi) is 4.48. The first kappa shape index (κ1) is 14.8. The van der Waals surface area contributed by atoms with Crippen LogP contribution in [0.5, 0.6) is 5.75 Å². The van der Waals surface area contributed by atoms with Gasteiger partial charge >= 0.3 is 0 Å². The molecule has 3 unspecified atom stereocenters. The zero-order valence-corrected chi connectivity index (χ0v) is 12.8. The highest BCUT2D eigenvalue weighted by molar-refractivity contribution is 5.38. The van der Waals surface area contributed by atoms with E-state index in [1.54, 1.807) is 7.11 Å². The lowest BCUT2D eigenvalue weighted by Gasteiger charge is -2.22. The Morgan fingerprint density at radius 3 is 2.90 bits per heavy atom. The van der Waals surface area contributed by atoms with Crippen molar-refractivity contribution in [3.63, 3.8) is 0 Å². The Morgan fingerprint density at radius 1 is 1.38 bits per heavy atom. The number of aliphatic hydroxyl groups is 1. The van der Waals surface area contributed by atoms with Crippen molar-refractivity contribution in [2.75, 3.05) is 20.3 Å². The van der Waals surface area contributed by atoms with E-state index in [9.17, 15) is 5.11 Å². The molecule has 3 atom stereocenters. The van der Waals surface area contributed by atoms with Gasteiger partial charge in [-0.05, 0) is 44.2 Å². The Bertz CT molecular complexity index is 487. The second-order valence-electron chi connectivity index (χ2n) is 6.24. The quantitative estimate of drug-likeness (QED) is 0.843. The monoisotopic (exact) mass is 291 g/mol. The highest BCUT2D eigenvalue weighted by atomic mass is 16.5. The summed E-state index contributed by atoms with van der Waals surface area (Å²) in [6.45, 7) is 3.40. The number of ether oxygens (including phenoxy) is 2. The SMILES string of the molecule is COc1ccc(C)cc1C(O)CNC1CCOC1C1CC1. The maximum atomic E-state index is 10.5. The standard InChI is InChI=1S/C17H25NO3/c1-11-3-6-16(20-2)13(9-11)15(19)10-18-14-7-8-21-17(14)12-4-5-12/h3,6,9,12,14-15,17-19H,4-5,7-8,10H2,1-2H3. The number of aliphatic hydroxyl groups excluding tert-OH is 1. The van der Waals surface area contributed by atoms with Gasteiger partial charge < -0.3 is 19.9 Å². The molecule has 2 fully saturated rings. The summed E-state index contributed by atoms with van der Waals surface area (Å²) in [6, 6.07) is 6.29. The lowest BCUT2D eigenvalue weighted by atomic mass is 10.0. The van der Waals surface area contributed by atoms with Crippen molar-refractivity contribution in [2.24, 2.45) is 5.92 Å². The van der Waals surface area contributed by atoms with Crippen molar-refractivity contribution in [2.45, 2.75) is 44.4 Å². The van der Waals surface area contributed by atoms with Gasteiger partial charge in [-0.1, -0.05) is 11.6 Å². The Balaban J connectivity index is 1.61. The van der Waals surface area contributed by atoms with E-state index >= 15 is 0 Å². The van der Waals surface area contributed by atoms with Gasteiger partial charge in [-0.15, -0.1) is 0 Å². The van der Waals surface area contributed by atoms with Crippen LogP contribution < -0.4 is 10.1 Å². The number of nitrogens with one attached hydrogen (secondary N) is 1. The first-order valence-electron chi connectivity index (χ1n) is 7.86. The average Bonchev–Trinajstić information content (AvgIpc) is 3.23. The molecular weight excluding hydrogens is 266 g/mol. The summed E-state index contributed by atoms with van der Waals surface area (Å²) in [6.07, 6.45) is 3.41. The minimum atomic E-state index is -0.555. The highest BCUT2D eigenvalue weighted by Crippen LogP contribution is 2.38. The summed E-state index contributed by atoms with van der Waals surface area (Å²) in [7, 11) is 1.64. The molecule has 21 heavy (non-hydrogen) atoms. The number of rotatable bonds is 6. The van der Waals surface area contributed by atoms with Gasteiger partial charge in [-0.2, -0.15) is 0 Å². The van der Waals surface area contributed by atoms with Gasteiger partial charge in [0.25, 0.3) is 0 Å². The molecule has 0 aromatic heterocycles. The molecule has 0 radical (unpaired) electrons. The lowest BCUT2D eigenvalue weighted by Crippen LogP contribution is -2.39. The Labute approximate surface area is 126 Å². The van der Waals surface area contributed by atoms with Crippen molar-refractivity contribution in [3.8, 4) is 5.75 Å². The van der Waals surface area contributed by atoms with Crippen LogP contribution in [0.2, 0.25) is 0 Å². The van der Waals surface area contributed by atoms with Crippen LogP contribution in [-0.2, 0) is 4.74 Å². The molecule has 2 N–H and O–H groups in total. The van der Waals surface area contributed by atoms with E-state index in [-0.39, 0.29) is 0 Å². The van der Waals surface area contributed by atoms with E-state index in [1.807, 2.05) is 25.1 Å². The van der Waals surface area contributed by atoms with Crippen LogP contribution in [0.4, 0.5) is 0 Å². The summed E-state index contributed by atoms with van der Waals surface area (Å²) in [4.78, 5) is 0. The fraction of sp³-hybridized carbons (Fsp3) is 0.647. The fourth-order valence-corrected chi connectivity index (χ4v) is 3.21. The fourth-order valence-electron chi connectivity index (χ4n) is 3.21. The molecule has 1 aliphatic carbocycles. The van der Waals surface area contributed by atoms with Gasteiger partial charge in [0.15, 0.2) is 0 Å². The van der Waals surface area contributed by atoms with Gasteiger partial charge in [0, 0.05) is 24.8 Å². The van der Waals surface area contributed by atoms with Gasteiger partial charge in [-0.25, -0.2) is 0 Å². The minimum Gasteiger partial charge on any atom is -0.496 e. The third-order valence-corrected chi connectivity index (χ3v) is 4.54. The second-order valence-corrected chi connectivity index (χ2v) is 6.24. The van der Waals surface area contributed by atoms with Crippen LogP contribution in [-0.4, -0.2) is 37.5 Å². The summed E-state index contributed by atoms with van der Waals surface area (Å²) >= 11 is 0. The molecule has 1 saturated heterocycles. The number of benzene rings is 1. The molecule has 1 saturated carbocycles. The Hall–Kier alpha value is -1.10. The summed E-state index contributed by atoms with van der Waals surface area (Å²) in [5.41, 5.74) is 1.98. The maximum absolute atomic E-state index is 10.5. The maximum Gasteiger partial charge on any atom is 0.124 e. The van der Waals surface area contributed by atoms with Crippen LogP contribution in [0.15, 0.2) is 18.2 Å². The predicted octanol–water partition coefficient (Wildman–Crippen LogP) is 2.19. The van der Waals surface area contributed by atoms with Crippen molar-refractivity contribution >= 4 is 0 Å². The zero-order chi connectivity index (χ0) is 14.8. The van der Waals surface area contributed by atoms with Gasteiger partial charge in [0.1, 0.15) is 5.75 Å². The molecule has 0 amide bonds. The van der Waals surface area contributed by atoms with Crippen molar-refractivity contribution < 1.29 is 14.6 Å². The number of hydrogen-bond acceptors (Lipinski definition) is 4. The second kappa shape index (κ2) is 6.34. The van der Waals surface area contributed by atoms with Gasteiger partial charge in [0.2, 0.25) is 0 Å². The predicted molar refractivity (Wildman–Crippen MR) is 81.6 cm³/mol. The molecule has 116 valence electrons. The number of methoxy groups -OCH3 is 1. The van der Waals surface area contributed by atoms with Gasteiger partial charge in [-0.3, -0.25) is 0 Å². The van der Waals surface area contributed by atoms with Crippen molar-refractivity contribution in [3.05, 3.63) is 29.3 Å². The first-order chi connectivity index (χ1) is 10.2. The smallest absolute Gasteiger partial charge is 0.124 e.